The number of benzene rings is 1. The molecule has 0 unspecified atom stereocenters. The van der Waals surface area contributed by atoms with Crippen LogP contribution in [-0.4, -0.2) is 5.60 Å². The highest BCUT2D eigenvalue weighted by molar-refractivity contribution is 5.14. The summed E-state index contributed by atoms with van der Waals surface area (Å²) in [6.07, 6.45) is 10.6. The lowest BCUT2D eigenvalue weighted by atomic mass is 9.94. The molecular weight excluding hydrogens is 208 g/mol. The normalized spacial score (nSPS) is 17.2. The molecule has 0 amide bonds. The van der Waals surface area contributed by atoms with Crippen molar-refractivity contribution in [3.63, 3.8) is 0 Å². The summed E-state index contributed by atoms with van der Waals surface area (Å²) in [5, 5.41) is 0. The Morgan fingerprint density at radius 2 is 1.88 bits per heavy atom. The van der Waals surface area contributed by atoms with Gasteiger partial charge in [0.1, 0.15) is 0 Å². The van der Waals surface area contributed by atoms with E-state index in [9.17, 15) is 0 Å². The molecule has 1 aromatic rings. The van der Waals surface area contributed by atoms with Crippen LogP contribution < -0.4 is 0 Å². The van der Waals surface area contributed by atoms with Crippen molar-refractivity contribution in [2.45, 2.75) is 37.9 Å². The van der Waals surface area contributed by atoms with E-state index in [1.807, 2.05) is 12.1 Å². The predicted octanol–water partition coefficient (Wildman–Crippen LogP) is 4.26. The van der Waals surface area contributed by atoms with Gasteiger partial charge in [0.2, 0.25) is 0 Å². The molecule has 0 atom stereocenters. The topological polar surface area (TPSA) is 9.23 Å². The molecule has 0 heterocycles. The van der Waals surface area contributed by atoms with Crippen LogP contribution in [0.5, 0.6) is 0 Å². The summed E-state index contributed by atoms with van der Waals surface area (Å²) in [6, 6.07) is 10.4. The Kier molecular flexibility index (Phi) is 4.16. The zero-order valence-electron chi connectivity index (χ0n) is 10.3. The Morgan fingerprint density at radius 3 is 2.53 bits per heavy atom. The molecule has 0 radical (unpaired) electrons. The summed E-state index contributed by atoms with van der Waals surface area (Å²) < 4.78 is 6.17. The van der Waals surface area contributed by atoms with Crippen LogP contribution in [0.4, 0.5) is 0 Å². The van der Waals surface area contributed by atoms with Gasteiger partial charge >= 0.3 is 0 Å². The lowest BCUT2D eigenvalue weighted by Gasteiger charge is -2.29. The molecule has 0 aliphatic heterocycles. The smallest absolute Gasteiger partial charge is 0.0758 e. The molecule has 0 saturated heterocycles. The molecule has 1 aromatic carbocycles. The van der Waals surface area contributed by atoms with Crippen LogP contribution in [0.15, 0.2) is 55.1 Å². The summed E-state index contributed by atoms with van der Waals surface area (Å²) in [4.78, 5) is 0. The molecule has 2 rings (SSSR count). The van der Waals surface area contributed by atoms with E-state index in [1.54, 1.807) is 0 Å². The van der Waals surface area contributed by atoms with E-state index in [0.29, 0.717) is 6.61 Å². The highest BCUT2D eigenvalue weighted by atomic mass is 16.5. The summed E-state index contributed by atoms with van der Waals surface area (Å²) in [6.45, 7) is 4.50. The summed E-state index contributed by atoms with van der Waals surface area (Å²) in [5.74, 6) is 0. The van der Waals surface area contributed by atoms with Gasteiger partial charge in [-0.25, -0.2) is 0 Å². The van der Waals surface area contributed by atoms with Crippen molar-refractivity contribution in [1.29, 1.82) is 0 Å². The summed E-state index contributed by atoms with van der Waals surface area (Å²) in [7, 11) is 0. The first-order valence-electron chi connectivity index (χ1n) is 6.28. The number of allylic oxidation sites excluding steroid dienone is 1. The average molecular weight is 228 g/mol. The lowest BCUT2D eigenvalue weighted by Crippen LogP contribution is -2.29. The fourth-order valence-corrected chi connectivity index (χ4v) is 2.25. The minimum atomic E-state index is 0.0179. The fraction of sp³-hybridized carbons (Fsp3) is 0.375. The molecule has 0 spiro atoms. The molecule has 0 N–H and O–H groups in total. The molecule has 1 aliphatic rings. The third kappa shape index (κ3) is 3.31. The quantitative estimate of drug-likeness (QED) is 0.661. The molecule has 0 fully saturated rings. The van der Waals surface area contributed by atoms with Crippen molar-refractivity contribution in [1.82, 2.24) is 0 Å². The fourth-order valence-electron chi connectivity index (χ4n) is 2.25. The first-order valence-corrected chi connectivity index (χ1v) is 6.28. The first-order chi connectivity index (χ1) is 8.35. The Hall–Kier alpha value is -1.34. The first kappa shape index (κ1) is 12.1. The van der Waals surface area contributed by atoms with E-state index >= 15 is 0 Å². The predicted molar refractivity (Wildman–Crippen MR) is 71.8 cm³/mol. The minimum absolute atomic E-state index is 0.0179. The molecule has 0 aromatic heterocycles. The van der Waals surface area contributed by atoms with Crippen LogP contribution in [-0.2, 0) is 11.3 Å². The van der Waals surface area contributed by atoms with Crippen molar-refractivity contribution in [3.05, 3.63) is 60.7 Å². The molecule has 90 valence electrons. The highest BCUT2D eigenvalue weighted by Gasteiger charge is 2.30. The van der Waals surface area contributed by atoms with Gasteiger partial charge in [0.15, 0.2) is 0 Å². The maximum absolute atomic E-state index is 6.17. The van der Waals surface area contributed by atoms with Crippen molar-refractivity contribution in [2.75, 3.05) is 0 Å². The van der Waals surface area contributed by atoms with E-state index in [1.165, 1.54) is 5.56 Å². The Bertz CT molecular complexity index is 370. The van der Waals surface area contributed by atoms with Crippen LogP contribution in [0, 0.1) is 0 Å². The van der Waals surface area contributed by atoms with Gasteiger partial charge in [-0.3, -0.25) is 0 Å². The third-order valence-corrected chi connectivity index (χ3v) is 3.34. The molecule has 1 nitrogen and oxygen atoms in total. The van der Waals surface area contributed by atoms with Crippen molar-refractivity contribution in [3.8, 4) is 0 Å². The molecule has 0 bridgehead atoms. The molecule has 1 heteroatoms. The van der Waals surface area contributed by atoms with Gasteiger partial charge in [-0.15, -0.1) is 6.58 Å². The Morgan fingerprint density at radius 1 is 1.18 bits per heavy atom. The van der Waals surface area contributed by atoms with Gasteiger partial charge in [-0.05, 0) is 31.2 Å². The van der Waals surface area contributed by atoms with Crippen molar-refractivity contribution >= 4 is 0 Å². The molecule has 0 saturated carbocycles. The van der Waals surface area contributed by atoms with E-state index in [-0.39, 0.29) is 5.60 Å². The van der Waals surface area contributed by atoms with E-state index in [4.69, 9.17) is 4.74 Å². The second kappa shape index (κ2) is 5.83. The van der Waals surface area contributed by atoms with Gasteiger partial charge < -0.3 is 4.74 Å². The summed E-state index contributed by atoms with van der Waals surface area (Å²) in [5.41, 5.74) is 1.27. The molecule has 1 aliphatic carbocycles. The van der Waals surface area contributed by atoms with Crippen LogP contribution >= 0.6 is 0 Å². The van der Waals surface area contributed by atoms with E-state index in [2.05, 4.69) is 43.0 Å². The van der Waals surface area contributed by atoms with Crippen molar-refractivity contribution in [2.24, 2.45) is 0 Å². The number of ether oxygens (including phenoxy) is 1. The Labute approximate surface area is 104 Å². The van der Waals surface area contributed by atoms with Crippen molar-refractivity contribution < 1.29 is 4.74 Å². The molecule has 17 heavy (non-hydrogen) atoms. The standard InChI is InChI=1S/C16H20O/c1-2-3-11-16(12-7-8-13-16)17-14-15-9-5-4-6-10-15/h2,4-10H,1,3,11-14H2. The minimum Gasteiger partial charge on any atom is -0.370 e. The Balaban J connectivity index is 1.92. The summed E-state index contributed by atoms with van der Waals surface area (Å²) >= 11 is 0. The monoisotopic (exact) mass is 228 g/mol. The average Bonchev–Trinajstić information content (AvgIpc) is 2.85. The second-order valence-corrected chi connectivity index (χ2v) is 4.66. The third-order valence-electron chi connectivity index (χ3n) is 3.34. The van der Waals surface area contributed by atoms with E-state index in [0.717, 1.165) is 25.7 Å². The second-order valence-electron chi connectivity index (χ2n) is 4.66. The maximum atomic E-state index is 6.17. The van der Waals surface area contributed by atoms with Crippen LogP contribution in [0.2, 0.25) is 0 Å². The number of rotatable bonds is 6. The van der Waals surface area contributed by atoms with E-state index < -0.39 is 0 Å². The number of hydrogen-bond acceptors (Lipinski definition) is 1. The van der Waals surface area contributed by atoms with Gasteiger partial charge in [-0.1, -0.05) is 48.6 Å². The SMILES string of the molecule is C=CCCC1(OCc2ccccc2)CC=CC1. The number of hydrogen-bond donors (Lipinski definition) is 0. The van der Waals surface area contributed by atoms with Crippen LogP contribution in [0.1, 0.15) is 31.2 Å². The largest absolute Gasteiger partial charge is 0.370 e. The lowest BCUT2D eigenvalue weighted by molar-refractivity contribution is -0.0527. The zero-order chi connectivity index (χ0) is 12.0. The van der Waals surface area contributed by atoms with Gasteiger partial charge in [-0.2, -0.15) is 0 Å². The van der Waals surface area contributed by atoms with Crippen LogP contribution in [0.3, 0.4) is 0 Å². The zero-order valence-corrected chi connectivity index (χ0v) is 10.3. The maximum Gasteiger partial charge on any atom is 0.0758 e. The van der Waals surface area contributed by atoms with Gasteiger partial charge in [0.05, 0.1) is 12.2 Å². The van der Waals surface area contributed by atoms with Crippen LogP contribution in [0.25, 0.3) is 0 Å². The highest BCUT2D eigenvalue weighted by Crippen LogP contribution is 2.33. The van der Waals surface area contributed by atoms with Gasteiger partial charge in [0.25, 0.3) is 0 Å². The van der Waals surface area contributed by atoms with Gasteiger partial charge in [0, 0.05) is 0 Å². The molecular formula is C16H20O.